The van der Waals surface area contributed by atoms with Crippen LogP contribution in [0.3, 0.4) is 0 Å². The maximum Gasteiger partial charge on any atom is 0.329 e. The number of nitrogens with one attached hydrogen (secondary N) is 3. The first-order valence-electron chi connectivity index (χ1n) is 9.09. The number of amides is 3. The lowest BCUT2D eigenvalue weighted by molar-refractivity contribution is -0.136. The lowest BCUT2D eigenvalue weighted by Gasteiger charge is -2.11. The number of carbonyl (C=O) groups is 3. The highest BCUT2D eigenvalue weighted by atomic mass is 35.5. The fourth-order valence-corrected chi connectivity index (χ4v) is 3.01. The summed E-state index contributed by atoms with van der Waals surface area (Å²) in [6, 6.07) is 17.7. The third-order valence-electron chi connectivity index (χ3n) is 4.08. The molecule has 0 aliphatic heterocycles. The Balaban J connectivity index is 1.65. The van der Waals surface area contributed by atoms with Crippen LogP contribution in [-0.4, -0.2) is 23.9 Å². The van der Waals surface area contributed by atoms with E-state index in [4.69, 9.17) is 34.8 Å². The standard InChI is InChI=1S/C22H15Cl3N4O3/c23-14-8-10-15(11-9-14)27-20(30)16-5-1-2-7-18(16)28-21(31)22(32)29-26-12-13-4-3-6-17(24)19(13)25/h1-12H,(H,27,30)(H,28,31)(H,29,32)/b26-12+. The molecule has 0 aromatic heterocycles. The molecular weight excluding hydrogens is 475 g/mol. The summed E-state index contributed by atoms with van der Waals surface area (Å²) in [5.74, 6) is -2.52. The number of benzene rings is 3. The molecule has 0 heterocycles. The van der Waals surface area contributed by atoms with Crippen molar-refractivity contribution in [2.24, 2.45) is 5.10 Å². The smallest absolute Gasteiger partial charge is 0.322 e. The highest BCUT2D eigenvalue weighted by Gasteiger charge is 2.18. The van der Waals surface area contributed by atoms with Gasteiger partial charge in [0.1, 0.15) is 0 Å². The van der Waals surface area contributed by atoms with Crippen LogP contribution < -0.4 is 16.1 Å². The van der Waals surface area contributed by atoms with Gasteiger partial charge in [0.25, 0.3) is 5.91 Å². The Morgan fingerprint density at radius 3 is 2.25 bits per heavy atom. The van der Waals surface area contributed by atoms with Crippen molar-refractivity contribution in [2.75, 3.05) is 10.6 Å². The molecule has 32 heavy (non-hydrogen) atoms. The monoisotopic (exact) mass is 488 g/mol. The molecule has 0 atom stereocenters. The Hall–Kier alpha value is -3.39. The molecule has 10 heteroatoms. The molecule has 0 saturated heterocycles. The van der Waals surface area contributed by atoms with Crippen molar-refractivity contribution < 1.29 is 14.4 Å². The number of hydrogen-bond acceptors (Lipinski definition) is 4. The summed E-state index contributed by atoms with van der Waals surface area (Å²) in [5.41, 5.74) is 3.40. The Labute approximate surface area is 198 Å². The SMILES string of the molecule is O=C(N/N=C/c1cccc(Cl)c1Cl)C(=O)Nc1ccccc1C(=O)Nc1ccc(Cl)cc1. The number of nitrogens with zero attached hydrogens (tertiary/aromatic N) is 1. The van der Waals surface area contributed by atoms with Crippen molar-refractivity contribution in [2.45, 2.75) is 0 Å². The molecule has 0 saturated carbocycles. The third kappa shape index (κ3) is 6.07. The Bertz CT molecular complexity index is 1200. The quantitative estimate of drug-likeness (QED) is 0.267. The number of carbonyl (C=O) groups excluding carboxylic acids is 3. The van der Waals surface area contributed by atoms with Crippen molar-refractivity contribution in [1.29, 1.82) is 0 Å². The molecule has 0 spiro atoms. The summed E-state index contributed by atoms with van der Waals surface area (Å²) in [5, 5.41) is 9.92. The Morgan fingerprint density at radius 2 is 1.50 bits per heavy atom. The number of hydrogen-bond donors (Lipinski definition) is 3. The molecule has 0 aliphatic rings. The van der Waals surface area contributed by atoms with Crippen molar-refractivity contribution in [1.82, 2.24) is 5.43 Å². The first-order valence-corrected chi connectivity index (χ1v) is 10.2. The van der Waals surface area contributed by atoms with Gasteiger partial charge in [0.05, 0.1) is 27.5 Å². The van der Waals surface area contributed by atoms with Crippen LogP contribution in [0.25, 0.3) is 0 Å². The first-order chi connectivity index (χ1) is 15.3. The van der Waals surface area contributed by atoms with Gasteiger partial charge in [-0.3, -0.25) is 14.4 Å². The van der Waals surface area contributed by atoms with Crippen LogP contribution in [0.1, 0.15) is 15.9 Å². The minimum atomic E-state index is -1.03. The second-order valence-electron chi connectivity index (χ2n) is 6.30. The largest absolute Gasteiger partial charge is 0.329 e. The number of anilines is 2. The Kier molecular flexibility index (Phi) is 7.83. The normalized spacial score (nSPS) is 10.6. The number of para-hydroxylation sites is 1. The minimum Gasteiger partial charge on any atom is -0.322 e. The van der Waals surface area contributed by atoms with E-state index in [1.54, 1.807) is 54.6 Å². The van der Waals surface area contributed by atoms with E-state index in [2.05, 4.69) is 21.2 Å². The van der Waals surface area contributed by atoms with Crippen LogP contribution in [0.5, 0.6) is 0 Å². The van der Waals surface area contributed by atoms with Crippen LogP contribution in [-0.2, 0) is 9.59 Å². The summed E-state index contributed by atoms with van der Waals surface area (Å²) in [6.45, 7) is 0. The summed E-state index contributed by atoms with van der Waals surface area (Å²) in [6.07, 6.45) is 1.26. The van der Waals surface area contributed by atoms with Crippen molar-refractivity contribution in [3.8, 4) is 0 Å². The summed E-state index contributed by atoms with van der Waals surface area (Å²) < 4.78 is 0. The second kappa shape index (κ2) is 10.8. The van der Waals surface area contributed by atoms with Gasteiger partial charge in [-0.2, -0.15) is 5.10 Å². The first kappa shape index (κ1) is 23.3. The number of hydrazone groups is 1. The van der Waals surface area contributed by atoms with Gasteiger partial charge >= 0.3 is 11.8 Å². The van der Waals surface area contributed by atoms with Crippen molar-refractivity contribution in [3.63, 3.8) is 0 Å². The molecule has 3 aromatic carbocycles. The summed E-state index contributed by atoms with van der Waals surface area (Å²) in [7, 11) is 0. The van der Waals surface area contributed by atoms with Gasteiger partial charge in [0.2, 0.25) is 0 Å². The second-order valence-corrected chi connectivity index (χ2v) is 7.52. The zero-order chi connectivity index (χ0) is 23.1. The molecule has 0 aliphatic carbocycles. The van der Waals surface area contributed by atoms with E-state index in [0.29, 0.717) is 21.3 Å². The van der Waals surface area contributed by atoms with Crippen LogP contribution in [0.2, 0.25) is 15.1 Å². The predicted molar refractivity (Wildman–Crippen MR) is 127 cm³/mol. The lowest BCUT2D eigenvalue weighted by Crippen LogP contribution is -2.33. The van der Waals surface area contributed by atoms with Crippen LogP contribution in [0.15, 0.2) is 71.8 Å². The topological polar surface area (TPSA) is 99.7 Å². The number of rotatable bonds is 5. The van der Waals surface area contributed by atoms with Gasteiger partial charge in [0.15, 0.2) is 0 Å². The minimum absolute atomic E-state index is 0.154. The van der Waals surface area contributed by atoms with Crippen LogP contribution in [0, 0.1) is 0 Å². The van der Waals surface area contributed by atoms with E-state index in [1.807, 2.05) is 0 Å². The van der Waals surface area contributed by atoms with E-state index >= 15 is 0 Å². The van der Waals surface area contributed by atoms with E-state index in [9.17, 15) is 14.4 Å². The highest BCUT2D eigenvalue weighted by molar-refractivity contribution is 6.43. The van der Waals surface area contributed by atoms with Gasteiger partial charge < -0.3 is 10.6 Å². The molecule has 3 amide bonds. The third-order valence-corrected chi connectivity index (χ3v) is 5.16. The predicted octanol–water partition coefficient (Wildman–Crippen LogP) is 4.99. The molecule has 7 nitrogen and oxygen atoms in total. The van der Waals surface area contributed by atoms with E-state index < -0.39 is 17.7 Å². The van der Waals surface area contributed by atoms with Gasteiger partial charge in [-0.15, -0.1) is 0 Å². The van der Waals surface area contributed by atoms with Crippen LogP contribution in [0.4, 0.5) is 11.4 Å². The Morgan fingerprint density at radius 1 is 0.781 bits per heavy atom. The van der Waals surface area contributed by atoms with Crippen molar-refractivity contribution in [3.05, 3.63) is 92.9 Å². The fraction of sp³-hybridized carbons (Fsp3) is 0. The lowest BCUT2D eigenvalue weighted by atomic mass is 10.1. The fourth-order valence-electron chi connectivity index (χ4n) is 2.53. The van der Waals surface area contributed by atoms with E-state index in [1.165, 1.54) is 18.3 Å². The molecule has 162 valence electrons. The zero-order valence-corrected chi connectivity index (χ0v) is 18.5. The summed E-state index contributed by atoms with van der Waals surface area (Å²) in [4.78, 5) is 37.0. The van der Waals surface area contributed by atoms with E-state index in [-0.39, 0.29) is 16.3 Å². The van der Waals surface area contributed by atoms with Gasteiger partial charge in [-0.1, -0.05) is 59.1 Å². The molecule has 0 radical (unpaired) electrons. The van der Waals surface area contributed by atoms with Gasteiger partial charge in [-0.25, -0.2) is 5.43 Å². The maximum absolute atomic E-state index is 12.6. The molecule has 3 rings (SSSR count). The highest BCUT2D eigenvalue weighted by Crippen LogP contribution is 2.24. The van der Waals surface area contributed by atoms with Crippen LogP contribution >= 0.6 is 34.8 Å². The maximum atomic E-state index is 12.6. The number of halogens is 3. The van der Waals surface area contributed by atoms with Gasteiger partial charge in [-0.05, 0) is 42.5 Å². The molecule has 0 fully saturated rings. The zero-order valence-electron chi connectivity index (χ0n) is 16.2. The molecule has 3 N–H and O–H groups in total. The van der Waals surface area contributed by atoms with E-state index in [0.717, 1.165) is 0 Å². The van der Waals surface area contributed by atoms with Gasteiger partial charge in [0, 0.05) is 16.3 Å². The van der Waals surface area contributed by atoms with Crippen molar-refractivity contribution >= 4 is 70.1 Å². The summed E-state index contributed by atoms with van der Waals surface area (Å²) >= 11 is 17.8. The average molecular weight is 490 g/mol. The average Bonchev–Trinajstić information content (AvgIpc) is 2.78. The molecule has 0 unspecified atom stereocenters. The molecule has 0 bridgehead atoms. The molecular formula is C22H15Cl3N4O3. The molecule has 3 aromatic rings.